The molecular formula is C19H15ClN4O2. The summed E-state index contributed by atoms with van der Waals surface area (Å²) in [5.41, 5.74) is 1.96. The number of anilines is 1. The van der Waals surface area contributed by atoms with Crippen LogP contribution in [0.15, 0.2) is 53.0 Å². The van der Waals surface area contributed by atoms with Gasteiger partial charge in [-0.2, -0.15) is 0 Å². The maximum atomic E-state index is 12.3. The Morgan fingerprint density at radius 2 is 2.00 bits per heavy atom. The van der Waals surface area contributed by atoms with Crippen molar-refractivity contribution in [2.24, 2.45) is 0 Å². The summed E-state index contributed by atoms with van der Waals surface area (Å²) in [5.74, 6) is 0.220. The van der Waals surface area contributed by atoms with Gasteiger partial charge in [-0.25, -0.2) is 4.98 Å². The number of para-hydroxylation sites is 1. The van der Waals surface area contributed by atoms with E-state index >= 15 is 0 Å². The van der Waals surface area contributed by atoms with E-state index in [0.717, 1.165) is 11.3 Å². The zero-order chi connectivity index (χ0) is 18.4. The van der Waals surface area contributed by atoms with Crippen molar-refractivity contribution in [2.75, 3.05) is 11.4 Å². The highest BCUT2D eigenvalue weighted by molar-refractivity contribution is 6.33. The fourth-order valence-corrected chi connectivity index (χ4v) is 3.30. The van der Waals surface area contributed by atoms with Crippen LogP contribution in [0.4, 0.5) is 5.69 Å². The van der Waals surface area contributed by atoms with Gasteiger partial charge in [0.2, 0.25) is 0 Å². The van der Waals surface area contributed by atoms with Gasteiger partial charge in [-0.3, -0.25) is 10.2 Å². The Morgan fingerprint density at radius 1 is 1.23 bits per heavy atom. The van der Waals surface area contributed by atoms with E-state index in [-0.39, 0.29) is 35.1 Å². The number of halogens is 1. The molecule has 3 aromatic rings. The molecule has 2 aromatic carbocycles. The Balaban J connectivity index is 1.81. The fourth-order valence-electron chi connectivity index (χ4n) is 3.13. The van der Waals surface area contributed by atoms with Gasteiger partial charge in [-0.05, 0) is 36.8 Å². The molecule has 1 aliphatic rings. The second-order valence-electron chi connectivity index (χ2n) is 6.07. The van der Waals surface area contributed by atoms with Crippen LogP contribution < -0.4 is 10.5 Å². The van der Waals surface area contributed by atoms with Gasteiger partial charge >= 0.3 is 0 Å². The van der Waals surface area contributed by atoms with Gasteiger partial charge in [-0.1, -0.05) is 29.8 Å². The monoisotopic (exact) mass is 366 g/mol. The third-order valence-corrected chi connectivity index (χ3v) is 4.89. The van der Waals surface area contributed by atoms with Crippen LogP contribution in [0.3, 0.4) is 0 Å². The summed E-state index contributed by atoms with van der Waals surface area (Å²) in [4.78, 5) is 21.1. The molecule has 0 saturated heterocycles. The fraction of sp³-hybridized carbons (Fsp3) is 0.105. The molecule has 0 radical (unpaired) electrons. The van der Waals surface area contributed by atoms with Crippen molar-refractivity contribution in [1.29, 1.82) is 5.41 Å². The molecule has 0 atom stereocenters. The number of fused-ring (bicyclic) bond motifs is 1. The largest absolute Gasteiger partial charge is 0.509 e. The highest BCUT2D eigenvalue weighted by atomic mass is 35.5. The first kappa shape index (κ1) is 16.4. The summed E-state index contributed by atoms with van der Waals surface area (Å²) in [7, 11) is 0. The van der Waals surface area contributed by atoms with Crippen LogP contribution in [-0.2, 0) is 0 Å². The predicted octanol–water partition coefficient (Wildman–Crippen LogP) is 3.65. The number of aromatic amines is 1. The molecule has 3 N–H and O–H groups in total. The number of hydrogen-bond donors (Lipinski definition) is 3. The normalized spacial score (nSPS) is 14.5. The number of hydrogen-bond acceptors (Lipinski definition) is 4. The van der Waals surface area contributed by atoms with Gasteiger partial charge in [0.15, 0.2) is 0 Å². The lowest BCUT2D eigenvalue weighted by Crippen LogP contribution is -2.27. The molecule has 0 fully saturated rings. The number of rotatable bonds is 2. The van der Waals surface area contributed by atoms with Crippen LogP contribution in [0, 0.1) is 12.3 Å². The van der Waals surface area contributed by atoms with Gasteiger partial charge in [0.1, 0.15) is 17.4 Å². The minimum atomic E-state index is -0.309. The van der Waals surface area contributed by atoms with Gasteiger partial charge in [-0.15, -0.1) is 0 Å². The highest BCUT2D eigenvalue weighted by Crippen LogP contribution is 2.33. The topological polar surface area (TPSA) is 93.1 Å². The van der Waals surface area contributed by atoms with Crippen LogP contribution >= 0.6 is 11.6 Å². The van der Waals surface area contributed by atoms with Gasteiger partial charge in [0, 0.05) is 10.7 Å². The maximum absolute atomic E-state index is 12.3. The number of nitrogens with zero attached hydrogens (tertiary/aromatic N) is 2. The Morgan fingerprint density at radius 3 is 2.81 bits per heavy atom. The van der Waals surface area contributed by atoms with Gasteiger partial charge in [0.25, 0.3) is 5.56 Å². The van der Waals surface area contributed by atoms with E-state index in [0.29, 0.717) is 15.9 Å². The smallest absolute Gasteiger partial charge is 0.259 e. The number of amidine groups is 1. The standard InChI is InChI=1S/C19H15ClN4O2/c1-10-12(20)6-4-8-14(10)24-9-15(25)16(17(24)21)18-22-13-7-3-2-5-11(13)19(26)23-18/h2-8,21,25H,9H2,1H3,(H,22,23,26). The third kappa shape index (κ3) is 2.46. The van der Waals surface area contributed by atoms with Crippen molar-refractivity contribution in [3.8, 4) is 0 Å². The first-order valence-corrected chi connectivity index (χ1v) is 8.38. The molecular weight excluding hydrogens is 352 g/mol. The summed E-state index contributed by atoms with van der Waals surface area (Å²) in [6, 6.07) is 12.4. The van der Waals surface area contributed by atoms with Crippen molar-refractivity contribution < 1.29 is 5.11 Å². The highest BCUT2D eigenvalue weighted by Gasteiger charge is 2.32. The predicted molar refractivity (Wildman–Crippen MR) is 103 cm³/mol. The molecule has 1 aromatic heterocycles. The molecule has 0 spiro atoms. The third-order valence-electron chi connectivity index (χ3n) is 4.48. The Kier molecular flexibility index (Phi) is 3.77. The summed E-state index contributed by atoms with van der Waals surface area (Å²) >= 11 is 6.18. The first-order chi connectivity index (χ1) is 12.5. The lowest BCUT2D eigenvalue weighted by Gasteiger charge is -2.21. The molecule has 0 aliphatic carbocycles. The Bertz CT molecular complexity index is 1150. The van der Waals surface area contributed by atoms with Gasteiger partial charge in [0.05, 0.1) is 23.0 Å². The lowest BCUT2D eigenvalue weighted by molar-refractivity contribution is 0.411. The molecule has 7 heteroatoms. The number of nitrogens with one attached hydrogen (secondary N) is 2. The maximum Gasteiger partial charge on any atom is 0.259 e. The Labute approximate surface area is 153 Å². The molecule has 0 unspecified atom stereocenters. The van der Waals surface area contributed by atoms with Crippen molar-refractivity contribution >= 4 is 39.6 Å². The molecule has 2 heterocycles. The first-order valence-electron chi connectivity index (χ1n) is 8.00. The quantitative estimate of drug-likeness (QED) is 0.645. The zero-order valence-corrected chi connectivity index (χ0v) is 14.6. The van der Waals surface area contributed by atoms with E-state index in [9.17, 15) is 9.90 Å². The molecule has 0 saturated carbocycles. The zero-order valence-electron chi connectivity index (χ0n) is 13.9. The van der Waals surface area contributed by atoms with E-state index in [1.165, 1.54) is 0 Å². The minimum absolute atomic E-state index is 0.0205. The van der Waals surface area contributed by atoms with Crippen molar-refractivity contribution in [2.45, 2.75) is 6.92 Å². The summed E-state index contributed by atoms with van der Waals surface area (Å²) in [5, 5.41) is 20.0. The molecule has 0 bridgehead atoms. The minimum Gasteiger partial charge on any atom is -0.509 e. The number of aliphatic hydroxyl groups excluding tert-OH is 1. The van der Waals surface area contributed by atoms with E-state index in [2.05, 4.69) is 9.97 Å². The molecule has 4 rings (SSSR count). The molecule has 1 aliphatic heterocycles. The molecule has 0 amide bonds. The average Bonchev–Trinajstić information content (AvgIpc) is 2.91. The van der Waals surface area contributed by atoms with Gasteiger partial charge < -0.3 is 15.0 Å². The number of H-pyrrole nitrogens is 1. The van der Waals surface area contributed by atoms with Crippen molar-refractivity contribution in [3.63, 3.8) is 0 Å². The number of aliphatic hydroxyl groups is 1. The van der Waals surface area contributed by atoms with E-state index in [1.54, 1.807) is 41.3 Å². The van der Waals surface area contributed by atoms with Crippen LogP contribution in [-0.4, -0.2) is 27.5 Å². The Hall–Kier alpha value is -3.12. The second kappa shape index (κ2) is 6.00. The van der Waals surface area contributed by atoms with Crippen LogP contribution in [0.5, 0.6) is 0 Å². The SMILES string of the molecule is Cc1c(Cl)cccc1N1CC(O)=C(c2nc3ccccc3c(=O)[nH]2)C1=N. The molecule has 6 nitrogen and oxygen atoms in total. The number of aromatic nitrogens is 2. The average molecular weight is 367 g/mol. The lowest BCUT2D eigenvalue weighted by atomic mass is 10.1. The summed E-state index contributed by atoms with van der Waals surface area (Å²) < 4.78 is 0. The molecule has 130 valence electrons. The van der Waals surface area contributed by atoms with E-state index in [1.807, 2.05) is 13.0 Å². The number of benzene rings is 2. The van der Waals surface area contributed by atoms with E-state index < -0.39 is 0 Å². The van der Waals surface area contributed by atoms with Crippen molar-refractivity contribution in [1.82, 2.24) is 9.97 Å². The van der Waals surface area contributed by atoms with E-state index in [4.69, 9.17) is 17.0 Å². The van der Waals surface area contributed by atoms with Crippen molar-refractivity contribution in [3.05, 3.63) is 75.0 Å². The van der Waals surface area contributed by atoms with Crippen LogP contribution in [0.2, 0.25) is 5.02 Å². The molecule has 26 heavy (non-hydrogen) atoms. The van der Waals surface area contributed by atoms with Crippen LogP contribution in [0.25, 0.3) is 16.5 Å². The van der Waals surface area contributed by atoms with Crippen LogP contribution in [0.1, 0.15) is 11.4 Å². The second-order valence-corrected chi connectivity index (χ2v) is 6.48. The summed E-state index contributed by atoms with van der Waals surface area (Å²) in [6.45, 7) is 1.97. The summed E-state index contributed by atoms with van der Waals surface area (Å²) in [6.07, 6.45) is 0.